The first-order valence-electron chi connectivity index (χ1n) is 20.1. The molecule has 1 fully saturated rings. The van der Waals surface area contributed by atoms with E-state index in [1.54, 1.807) is 46.5 Å². The van der Waals surface area contributed by atoms with Crippen molar-refractivity contribution < 1.29 is 47.8 Å². The van der Waals surface area contributed by atoms with Gasteiger partial charge in [-0.1, -0.05) is 0 Å². The fourth-order valence-electron chi connectivity index (χ4n) is 6.56. The molecule has 4 aromatic rings. The fourth-order valence-corrected chi connectivity index (χ4v) is 9.44. The maximum absolute atomic E-state index is 14.5. The first-order valence-corrected chi connectivity index (χ1v) is 23.0. The number of oxime groups is 1. The summed E-state index contributed by atoms with van der Waals surface area (Å²) in [7, 11) is 0. The van der Waals surface area contributed by atoms with Crippen LogP contribution in [-0.4, -0.2) is 101 Å². The van der Waals surface area contributed by atoms with Crippen LogP contribution in [0.25, 0.3) is 0 Å². The summed E-state index contributed by atoms with van der Waals surface area (Å²) in [6, 6.07) is 28.8. The van der Waals surface area contributed by atoms with Crippen molar-refractivity contribution in [3.8, 4) is 0 Å². The van der Waals surface area contributed by atoms with Gasteiger partial charge in [0.15, 0.2) is 0 Å². The van der Waals surface area contributed by atoms with Crippen LogP contribution in [0.1, 0.15) is 84.7 Å². The number of carbonyl (C=O) groups excluding carboxylic acids is 5. The molecule has 63 heavy (non-hydrogen) atoms. The molecule has 2 atom stereocenters. The van der Waals surface area contributed by atoms with Crippen molar-refractivity contribution in [2.75, 3.05) is 17.7 Å². The van der Waals surface area contributed by atoms with Crippen LogP contribution in [0, 0.1) is 0 Å². The summed E-state index contributed by atoms with van der Waals surface area (Å²) >= 11 is 0.797. The molecule has 0 saturated carbocycles. The molecule has 0 unspecified atom stereocenters. The van der Waals surface area contributed by atoms with Gasteiger partial charge >= 0.3 is 340 Å². The van der Waals surface area contributed by atoms with Gasteiger partial charge in [-0.2, -0.15) is 0 Å². The van der Waals surface area contributed by atoms with Crippen LogP contribution in [0.4, 0.5) is 9.49 Å². The van der Waals surface area contributed by atoms with E-state index in [-0.39, 0.29) is 29.6 Å². The predicted molar refractivity (Wildman–Crippen MR) is 238 cm³/mol. The second kappa shape index (κ2) is 18.8. The van der Waals surface area contributed by atoms with Gasteiger partial charge in [0.05, 0.1) is 0 Å². The third kappa shape index (κ3) is 11.0. The Morgan fingerprint density at radius 1 is 0.825 bits per heavy atom. The molecule has 2 aliphatic rings. The second-order valence-electron chi connectivity index (χ2n) is 17.2. The number of rotatable bonds is 14. The molecule has 2 amide bonds. The number of β-lactam (4-membered cyclic amide) rings is 1. The van der Waals surface area contributed by atoms with Crippen LogP contribution >= 0.6 is 11.8 Å². The van der Waals surface area contributed by atoms with Crippen LogP contribution in [0.5, 0.6) is 0 Å². The number of fused-ring (bicyclic) bond motifs is 1. The minimum atomic E-state index is -1.64. The number of ether oxygens (including phenoxy) is 4. The molecule has 1 saturated heterocycles. The second-order valence-corrected chi connectivity index (χ2v) is 20.1. The molecule has 3 heterocycles. The van der Waals surface area contributed by atoms with Crippen molar-refractivity contribution >= 4 is 66.6 Å². The summed E-state index contributed by atoms with van der Waals surface area (Å²) in [4.78, 5) is 79.9. The summed E-state index contributed by atoms with van der Waals surface area (Å²) in [5.41, 5.74) is -1.24. The minimum absolute atomic E-state index is 0.138. The average Bonchev–Trinajstić information content (AvgIpc) is 3.68. The maximum atomic E-state index is 14.5. The molecular weight excluding hydrogens is 894 g/mol. The number of anilines is 1. The normalized spacial score (nSPS) is 16.9. The Hall–Kier alpha value is -5.90. The Labute approximate surface area is 376 Å². The summed E-state index contributed by atoms with van der Waals surface area (Å²) < 4.78 is 22.2. The van der Waals surface area contributed by atoms with Gasteiger partial charge in [0.2, 0.25) is 0 Å². The number of amides is 2. The van der Waals surface area contributed by atoms with Crippen molar-refractivity contribution in [1.82, 2.24) is 15.2 Å². The van der Waals surface area contributed by atoms with Crippen molar-refractivity contribution in [1.29, 1.82) is 0 Å². The Morgan fingerprint density at radius 3 is 1.87 bits per heavy atom. The monoisotopic (exact) mass is 945 g/mol. The number of hydrogen-bond donors (Lipinski definition) is 2. The third-order valence-corrected chi connectivity index (χ3v) is 12.4. The Balaban J connectivity index is 1.35. The van der Waals surface area contributed by atoms with Crippen molar-refractivity contribution in [2.24, 2.45) is 5.16 Å². The number of aromatic nitrogens is 1. The van der Waals surface area contributed by atoms with Crippen LogP contribution in [0.2, 0.25) is 0 Å². The fraction of sp³-hybridized carbons (Fsp3) is 0.370. The van der Waals surface area contributed by atoms with Crippen molar-refractivity contribution in [3.05, 3.63) is 130 Å². The van der Waals surface area contributed by atoms with E-state index in [1.807, 2.05) is 91.0 Å². The van der Waals surface area contributed by atoms with Crippen molar-refractivity contribution in [3.63, 3.8) is 0 Å². The van der Waals surface area contributed by atoms with Crippen LogP contribution in [0.3, 0.4) is 0 Å². The number of benzene rings is 3. The first kappa shape index (κ1) is 46.6. The van der Waals surface area contributed by atoms with E-state index in [4.69, 9.17) is 28.8 Å². The Bertz CT molecular complexity index is 2290. The molecule has 2 N–H and O–H groups in total. The molecule has 6 rings (SSSR count). The molecule has 0 spiro atoms. The molecule has 0 radical (unpaired) electrons. The summed E-state index contributed by atoms with van der Waals surface area (Å²) in [5.74, 6) is -2.65. The number of thioether (sulfide) groups is 1. The van der Waals surface area contributed by atoms with E-state index in [9.17, 15) is 24.0 Å². The van der Waals surface area contributed by atoms with E-state index >= 15 is 0 Å². The number of nitrogens with zero attached hydrogens (tertiary/aromatic N) is 3. The van der Waals surface area contributed by atoms with Gasteiger partial charge in [0, 0.05) is 6.92 Å². The number of hydrogen-bond acceptors (Lipinski definition) is 14. The van der Waals surface area contributed by atoms with E-state index in [0.717, 1.165) is 16.7 Å². The zero-order chi connectivity index (χ0) is 45.7. The molecule has 3 aromatic carbocycles. The van der Waals surface area contributed by atoms with Crippen LogP contribution in [0.15, 0.2) is 113 Å². The number of nitrogens with one attached hydrogen (secondary N) is 2. The van der Waals surface area contributed by atoms with E-state index < -0.39 is 78.2 Å². The number of carbonyl (C=O) groups is 5. The Morgan fingerprint density at radius 2 is 1.37 bits per heavy atom. The SMILES string of the molecule is CC(=O)OCC1=C(OC(=O)OC(C)(C)C)N2C(=O)[C@@H](NC(=O)/C(=N\OC(C)(C)C(=O)OC(C)(C)C)c3c[se]c(NC(c4ccccc4)(c4ccccc4)c4ccccc4)n3)[C@H]2SC1. The molecular formula is C46H51N5O10SSe. The Kier molecular flexibility index (Phi) is 13.9. The predicted octanol–water partition coefficient (Wildman–Crippen LogP) is 6.51. The molecule has 1 aromatic heterocycles. The average molecular weight is 945 g/mol. The molecule has 2 aliphatic heterocycles. The zero-order valence-corrected chi connectivity index (χ0v) is 39.1. The van der Waals surface area contributed by atoms with Gasteiger partial charge in [-0.05, 0) is 20.8 Å². The van der Waals surface area contributed by atoms with Crippen LogP contribution in [-0.2, 0) is 48.5 Å². The van der Waals surface area contributed by atoms with Gasteiger partial charge in [0.25, 0.3) is 0 Å². The number of esters is 2. The zero-order valence-electron chi connectivity index (χ0n) is 36.5. The molecule has 332 valence electrons. The van der Waals surface area contributed by atoms with Gasteiger partial charge in [-0.25, -0.2) is 0 Å². The molecule has 17 heteroatoms. The summed E-state index contributed by atoms with van der Waals surface area (Å²) in [6.07, 6.45) is -1.06. The third-order valence-electron chi connectivity index (χ3n) is 9.43. The van der Waals surface area contributed by atoms with Gasteiger partial charge in [-0.3, -0.25) is 4.79 Å². The molecule has 0 bridgehead atoms. The van der Waals surface area contributed by atoms with Gasteiger partial charge < -0.3 is 0 Å². The topological polar surface area (TPSA) is 184 Å². The van der Waals surface area contributed by atoms with Crippen molar-refractivity contribution in [2.45, 2.75) is 96.1 Å². The molecule has 0 aliphatic carbocycles. The first-order chi connectivity index (χ1) is 29.7. The van der Waals surface area contributed by atoms with E-state index in [2.05, 4.69) is 15.8 Å². The summed E-state index contributed by atoms with van der Waals surface area (Å²) in [5, 5.41) is 10.1. The van der Waals surface area contributed by atoms with E-state index in [1.165, 1.54) is 37.4 Å². The van der Waals surface area contributed by atoms with Gasteiger partial charge in [-0.15, -0.1) is 0 Å². The summed E-state index contributed by atoms with van der Waals surface area (Å²) in [6.45, 7) is 14.1. The van der Waals surface area contributed by atoms with Crippen LogP contribution < -0.4 is 10.6 Å². The van der Waals surface area contributed by atoms with E-state index in [0.29, 0.717) is 10.3 Å². The quantitative estimate of drug-likeness (QED) is 0.0266. The van der Waals surface area contributed by atoms with Gasteiger partial charge in [0.1, 0.15) is 5.60 Å². The standard InChI is InChI=1S/C46H51N5O10SSe/c1-28(52)57-25-29-26-62-39-35(37(54)51(39)38(29)58-42(56)60-44(5,6)7)48-36(53)34(50-61-45(8,9)40(55)59-43(2,3)4)33-27-63-41(47-33)49-46(30-19-13-10-14-20-30,31-21-15-11-16-22-31)32-23-17-12-18-24-32/h10-24,27,35,39H,25-26H2,1-9H3,(H,47,49)(H,48,53)/b50-34-/t35-,39-/m1/s1. The molecule has 15 nitrogen and oxygen atoms in total.